The van der Waals surface area contributed by atoms with Crippen LogP contribution in [0.15, 0.2) is 6.07 Å². The zero-order valence-corrected chi connectivity index (χ0v) is 11.9. The normalized spacial score (nSPS) is 17.8. The van der Waals surface area contributed by atoms with Crippen molar-refractivity contribution < 1.29 is 0 Å². The van der Waals surface area contributed by atoms with Gasteiger partial charge in [-0.2, -0.15) is 0 Å². The van der Waals surface area contributed by atoms with Crippen molar-refractivity contribution in [3.63, 3.8) is 0 Å². The van der Waals surface area contributed by atoms with Crippen molar-refractivity contribution in [2.75, 3.05) is 5.32 Å². The number of hydrogen-bond acceptors (Lipinski definition) is 3. The van der Waals surface area contributed by atoms with Crippen LogP contribution in [0.3, 0.4) is 0 Å². The topological polar surface area (TPSA) is 37.8 Å². The van der Waals surface area contributed by atoms with Gasteiger partial charge in [0.1, 0.15) is 0 Å². The summed E-state index contributed by atoms with van der Waals surface area (Å²) in [6.45, 7) is 6.40. The van der Waals surface area contributed by atoms with E-state index in [1.54, 1.807) is 0 Å². The van der Waals surface area contributed by atoms with Gasteiger partial charge >= 0.3 is 0 Å². The molecule has 1 heterocycles. The Bertz CT molecular complexity index is 379. The minimum absolute atomic E-state index is 0.460. The number of anilines is 1. The van der Waals surface area contributed by atoms with Crippen molar-refractivity contribution in [2.24, 2.45) is 0 Å². The monoisotopic (exact) mass is 247 g/mol. The third-order valence-corrected chi connectivity index (χ3v) is 3.65. The fourth-order valence-electron chi connectivity index (χ4n) is 2.56. The van der Waals surface area contributed by atoms with E-state index >= 15 is 0 Å². The summed E-state index contributed by atoms with van der Waals surface area (Å²) in [6.07, 6.45) is 7.94. The first-order valence-electron chi connectivity index (χ1n) is 7.27. The summed E-state index contributed by atoms with van der Waals surface area (Å²) >= 11 is 0. The van der Waals surface area contributed by atoms with Crippen LogP contribution in [0.5, 0.6) is 0 Å². The summed E-state index contributed by atoms with van der Waals surface area (Å²) in [7, 11) is 0. The predicted molar refractivity (Wildman–Crippen MR) is 76.0 cm³/mol. The molecule has 0 unspecified atom stereocenters. The van der Waals surface area contributed by atoms with Crippen LogP contribution in [0.4, 0.5) is 5.95 Å². The first-order valence-corrected chi connectivity index (χ1v) is 7.27. The van der Waals surface area contributed by atoms with E-state index < -0.39 is 0 Å². The van der Waals surface area contributed by atoms with E-state index in [0.29, 0.717) is 12.0 Å². The second-order valence-electron chi connectivity index (χ2n) is 5.75. The average molecular weight is 247 g/mol. The lowest BCUT2D eigenvalue weighted by Gasteiger charge is -2.17. The molecule has 18 heavy (non-hydrogen) atoms. The van der Waals surface area contributed by atoms with E-state index in [9.17, 15) is 0 Å². The Balaban J connectivity index is 2.07. The molecule has 3 nitrogen and oxygen atoms in total. The minimum Gasteiger partial charge on any atom is -0.351 e. The SMILES string of the molecule is Cc1cc(C(C)C)nc(NC2CCCCCC2)n1. The van der Waals surface area contributed by atoms with Crippen LogP contribution in [0, 0.1) is 6.92 Å². The van der Waals surface area contributed by atoms with Gasteiger partial charge in [-0.05, 0) is 31.7 Å². The Kier molecular flexibility index (Phi) is 4.56. The van der Waals surface area contributed by atoms with E-state index in [1.807, 2.05) is 6.92 Å². The molecule has 1 aliphatic carbocycles. The molecule has 1 aromatic heterocycles. The van der Waals surface area contributed by atoms with Crippen molar-refractivity contribution in [1.29, 1.82) is 0 Å². The third kappa shape index (κ3) is 3.69. The molecule has 0 bridgehead atoms. The van der Waals surface area contributed by atoms with E-state index in [4.69, 9.17) is 0 Å². The Morgan fingerprint density at radius 1 is 1.11 bits per heavy atom. The third-order valence-electron chi connectivity index (χ3n) is 3.65. The summed E-state index contributed by atoms with van der Waals surface area (Å²) < 4.78 is 0. The zero-order chi connectivity index (χ0) is 13.0. The van der Waals surface area contributed by atoms with Gasteiger partial charge in [0.15, 0.2) is 0 Å². The van der Waals surface area contributed by atoms with Crippen molar-refractivity contribution in [3.8, 4) is 0 Å². The van der Waals surface area contributed by atoms with Gasteiger partial charge in [0, 0.05) is 17.4 Å². The highest BCUT2D eigenvalue weighted by Gasteiger charge is 2.14. The molecule has 1 N–H and O–H groups in total. The molecule has 0 aromatic carbocycles. The molecule has 100 valence electrons. The molecule has 1 aliphatic rings. The molecule has 0 spiro atoms. The molecule has 2 rings (SSSR count). The molecule has 0 amide bonds. The summed E-state index contributed by atoms with van der Waals surface area (Å²) in [4.78, 5) is 9.15. The summed E-state index contributed by atoms with van der Waals surface area (Å²) in [5.41, 5.74) is 2.20. The lowest BCUT2D eigenvalue weighted by Crippen LogP contribution is -2.20. The van der Waals surface area contributed by atoms with Crippen LogP contribution in [-0.2, 0) is 0 Å². The van der Waals surface area contributed by atoms with E-state index in [-0.39, 0.29) is 0 Å². The minimum atomic E-state index is 0.460. The van der Waals surface area contributed by atoms with Gasteiger partial charge in [0.2, 0.25) is 5.95 Å². The van der Waals surface area contributed by atoms with Crippen LogP contribution in [0.1, 0.15) is 69.7 Å². The maximum atomic E-state index is 4.64. The van der Waals surface area contributed by atoms with Crippen molar-refractivity contribution in [1.82, 2.24) is 9.97 Å². The predicted octanol–water partition coefficient (Wildman–Crippen LogP) is 4.04. The zero-order valence-electron chi connectivity index (χ0n) is 11.9. The summed E-state index contributed by atoms with van der Waals surface area (Å²) in [6, 6.07) is 2.65. The lowest BCUT2D eigenvalue weighted by molar-refractivity contribution is 0.613. The molecule has 3 heteroatoms. The first kappa shape index (κ1) is 13.3. The van der Waals surface area contributed by atoms with E-state index in [1.165, 1.54) is 38.5 Å². The second-order valence-corrected chi connectivity index (χ2v) is 5.75. The molecular formula is C15H25N3. The Labute approximate surface area is 110 Å². The van der Waals surface area contributed by atoms with E-state index in [0.717, 1.165) is 17.3 Å². The molecule has 0 saturated heterocycles. The first-order chi connectivity index (χ1) is 8.65. The van der Waals surface area contributed by atoms with Gasteiger partial charge in [-0.15, -0.1) is 0 Å². The fraction of sp³-hybridized carbons (Fsp3) is 0.733. The van der Waals surface area contributed by atoms with Gasteiger partial charge in [-0.25, -0.2) is 9.97 Å². The Morgan fingerprint density at radius 2 is 1.78 bits per heavy atom. The number of rotatable bonds is 3. The second kappa shape index (κ2) is 6.17. The standard InChI is InChI=1S/C15H25N3/c1-11(2)14-10-12(3)16-15(18-14)17-13-8-6-4-5-7-9-13/h10-11,13H,4-9H2,1-3H3,(H,16,17,18). The van der Waals surface area contributed by atoms with Crippen LogP contribution in [-0.4, -0.2) is 16.0 Å². The van der Waals surface area contributed by atoms with Gasteiger partial charge in [0.05, 0.1) is 0 Å². The summed E-state index contributed by atoms with van der Waals surface area (Å²) in [5, 5.41) is 3.53. The van der Waals surface area contributed by atoms with Gasteiger partial charge < -0.3 is 5.32 Å². The molecule has 0 aliphatic heterocycles. The van der Waals surface area contributed by atoms with Gasteiger partial charge in [0.25, 0.3) is 0 Å². The van der Waals surface area contributed by atoms with Gasteiger partial charge in [-0.3, -0.25) is 0 Å². The van der Waals surface area contributed by atoms with Crippen molar-refractivity contribution >= 4 is 5.95 Å². The van der Waals surface area contributed by atoms with Crippen LogP contribution >= 0.6 is 0 Å². The largest absolute Gasteiger partial charge is 0.351 e. The van der Waals surface area contributed by atoms with Crippen LogP contribution in [0.2, 0.25) is 0 Å². The van der Waals surface area contributed by atoms with Gasteiger partial charge in [-0.1, -0.05) is 39.5 Å². The number of nitrogens with zero attached hydrogens (tertiary/aromatic N) is 2. The highest BCUT2D eigenvalue weighted by atomic mass is 15.1. The Morgan fingerprint density at radius 3 is 2.39 bits per heavy atom. The van der Waals surface area contributed by atoms with Crippen LogP contribution in [0.25, 0.3) is 0 Å². The number of hydrogen-bond donors (Lipinski definition) is 1. The van der Waals surface area contributed by atoms with Crippen LogP contribution < -0.4 is 5.32 Å². The quantitative estimate of drug-likeness (QED) is 0.819. The number of aromatic nitrogens is 2. The number of nitrogens with one attached hydrogen (secondary N) is 1. The maximum Gasteiger partial charge on any atom is 0.223 e. The summed E-state index contributed by atoms with van der Waals surface area (Å²) in [5.74, 6) is 1.28. The Hall–Kier alpha value is -1.12. The smallest absolute Gasteiger partial charge is 0.223 e. The molecule has 1 aromatic rings. The average Bonchev–Trinajstić information content (AvgIpc) is 2.57. The van der Waals surface area contributed by atoms with Crippen molar-refractivity contribution in [2.45, 2.75) is 71.3 Å². The van der Waals surface area contributed by atoms with E-state index in [2.05, 4.69) is 35.2 Å². The highest BCUT2D eigenvalue weighted by Crippen LogP contribution is 2.21. The highest BCUT2D eigenvalue weighted by molar-refractivity contribution is 5.30. The molecule has 1 fully saturated rings. The fourth-order valence-corrected chi connectivity index (χ4v) is 2.56. The van der Waals surface area contributed by atoms with Crippen molar-refractivity contribution in [3.05, 3.63) is 17.5 Å². The number of aryl methyl sites for hydroxylation is 1. The molecule has 0 atom stereocenters. The maximum absolute atomic E-state index is 4.64. The lowest BCUT2D eigenvalue weighted by atomic mass is 10.1. The molecule has 0 radical (unpaired) electrons. The molecular weight excluding hydrogens is 222 g/mol. The molecule has 1 saturated carbocycles.